The molecule has 8 heteroatoms. The van der Waals surface area contributed by atoms with Gasteiger partial charge in [-0.3, -0.25) is 9.10 Å². The average molecular weight is 461 g/mol. The highest BCUT2D eigenvalue weighted by Gasteiger charge is 2.37. The van der Waals surface area contributed by atoms with Crippen LogP contribution in [-0.2, 0) is 14.8 Å². The van der Waals surface area contributed by atoms with Gasteiger partial charge in [0.1, 0.15) is 11.5 Å². The zero-order valence-electron chi connectivity index (χ0n) is 18.9. The van der Waals surface area contributed by atoms with Crippen molar-refractivity contribution in [3.05, 3.63) is 48.5 Å². The number of carbonyl (C=O) groups excluding carboxylic acids is 1. The Hall–Kier alpha value is -2.74. The zero-order valence-corrected chi connectivity index (χ0v) is 19.7. The van der Waals surface area contributed by atoms with Crippen LogP contribution in [0.25, 0.3) is 0 Å². The van der Waals surface area contributed by atoms with Gasteiger partial charge >= 0.3 is 0 Å². The fourth-order valence-electron chi connectivity index (χ4n) is 3.74. The quantitative estimate of drug-likeness (QED) is 0.580. The molecular formula is C24H32N2O5S. The van der Waals surface area contributed by atoms with Gasteiger partial charge in [0.2, 0.25) is 0 Å². The van der Waals surface area contributed by atoms with Crippen LogP contribution in [0.5, 0.6) is 11.5 Å². The minimum atomic E-state index is -3.90. The lowest BCUT2D eigenvalue weighted by atomic mass is 9.99. The monoisotopic (exact) mass is 460 g/mol. The van der Waals surface area contributed by atoms with E-state index in [-0.39, 0.29) is 17.3 Å². The smallest absolute Gasteiger partial charge is 0.264 e. The number of fused-ring (bicyclic) bond motifs is 1. The first-order valence-corrected chi connectivity index (χ1v) is 12.5. The van der Waals surface area contributed by atoms with Crippen molar-refractivity contribution >= 4 is 21.6 Å². The second-order valence-corrected chi connectivity index (χ2v) is 9.81. The number of amides is 1. The number of methoxy groups -OCH3 is 1. The van der Waals surface area contributed by atoms with Gasteiger partial charge in [0.15, 0.2) is 6.10 Å². The molecule has 0 fully saturated rings. The summed E-state index contributed by atoms with van der Waals surface area (Å²) in [5, 5.41) is 2.97. The number of ether oxygens (including phenoxy) is 2. The molecule has 0 radical (unpaired) electrons. The summed E-state index contributed by atoms with van der Waals surface area (Å²) in [6, 6.07) is 13.1. The van der Waals surface area contributed by atoms with Gasteiger partial charge in [0.05, 0.1) is 24.2 Å². The van der Waals surface area contributed by atoms with Crippen LogP contribution in [-0.4, -0.2) is 40.6 Å². The molecule has 2 aromatic rings. The lowest BCUT2D eigenvalue weighted by Crippen LogP contribution is -2.51. The second-order valence-electron chi connectivity index (χ2n) is 7.95. The molecule has 1 amide bonds. The molecule has 1 heterocycles. The van der Waals surface area contributed by atoms with E-state index in [0.29, 0.717) is 29.6 Å². The van der Waals surface area contributed by atoms with Crippen molar-refractivity contribution in [2.24, 2.45) is 5.92 Å². The molecule has 0 aliphatic carbocycles. The van der Waals surface area contributed by atoms with Crippen LogP contribution >= 0.6 is 0 Å². The molecule has 0 bridgehead atoms. The van der Waals surface area contributed by atoms with Crippen LogP contribution < -0.4 is 19.1 Å². The first-order valence-electron chi connectivity index (χ1n) is 11.1. The van der Waals surface area contributed by atoms with E-state index in [4.69, 9.17) is 9.47 Å². The number of anilines is 1. The topological polar surface area (TPSA) is 84.9 Å². The molecule has 174 valence electrons. The maximum Gasteiger partial charge on any atom is 0.264 e. The standard InChI is InChI=1S/C24H32N2O5S/c1-4-6-9-18(5-2)16-25-24(27)23-17-26(21-10-7-8-11-22(21)31-23)32(28,29)20-14-12-19(30-3)13-15-20/h7-8,10-15,18,23H,4-6,9,16-17H2,1-3H3,(H,25,27)/t18-,23+/m1/s1. The highest BCUT2D eigenvalue weighted by Crippen LogP contribution is 2.37. The Labute approximate surface area is 190 Å². The Kier molecular flexibility index (Phi) is 8.01. The molecule has 1 aliphatic rings. The largest absolute Gasteiger partial charge is 0.497 e. The van der Waals surface area contributed by atoms with E-state index in [9.17, 15) is 13.2 Å². The summed E-state index contributed by atoms with van der Waals surface area (Å²) >= 11 is 0. The van der Waals surface area contributed by atoms with E-state index in [0.717, 1.165) is 25.7 Å². The molecule has 1 aliphatic heterocycles. The van der Waals surface area contributed by atoms with Crippen LogP contribution in [0.4, 0.5) is 5.69 Å². The first kappa shape index (κ1) is 23.9. The normalized spacial score (nSPS) is 16.6. The van der Waals surface area contributed by atoms with Gasteiger partial charge in [-0.1, -0.05) is 45.2 Å². The van der Waals surface area contributed by atoms with Gasteiger partial charge in [0.25, 0.3) is 15.9 Å². The first-order chi connectivity index (χ1) is 15.4. The average Bonchev–Trinajstić information content (AvgIpc) is 2.83. The van der Waals surface area contributed by atoms with Gasteiger partial charge in [-0.15, -0.1) is 0 Å². The molecule has 2 atom stereocenters. The SMILES string of the molecule is CCCC[C@@H](CC)CNC(=O)[C@@H]1CN(S(=O)(=O)c2ccc(OC)cc2)c2ccccc2O1. The fourth-order valence-corrected chi connectivity index (χ4v) is 5.22. The number of sulfonamides is 1. The number of hydrogen-bond acceptors (Lipinski definition) is 5. The molecule has 7 nitrogen and oxygen atoms in total. The van der Waals surface area contributed by atoms with E-state index in [2.05, 4.69) is 19.2 Å². The number of rotatable bonds is 10. The van der Waals surface area contributed by atoms with Crippen LogP contribution in [0.2, 0.25) is 0 Å². The molecule has 1 N–H and O–H groups in total. The number of carbonyl (C=O) groups is 1. The van der Waals surface area contributed by atoms with Crippen LogP contribution in [0, 0.1) is 5.92 Å². The van der Waals surface area contributed by atoms with Crippen LogP contribution in [0.3, 0.4) is 0 Å². The summed E-state index contributed by atoms with van der Waals surface area (Å²) in [5.41, 5.74) is 0.418. The van der Waals surface area contributed by atoms with Gasteiger partial charge in [0, 0.05) is 6.54 Å². The summed E-state index contributed by atoms with van der Waals surface area (Å²) in [5.74, 6) is 1.03. The zero-order chi connectivity index (χ0) is 23.1. The predicted molar refractivity (Wildman–Crippen MR) is 125 cm³/mol. The molecule has 0 aromatic heterocycles. The highest BCUT2D eigenvalue weighted by atomic mass is 32.2. The number of benzene rings is 2. The van der Waals surface area contributed by atoms with E-state index in [1.165, 1.54) is 23.5 Å². The van der Waals surface area contributed by atoms with E-state index < -0.39 is 16.1 Å². The third-order valence-corrected chi connectivity index (χ3v) is 7.58. The van der Waals surface area contributed by atoms with Gasteiger partial charge in [-0.05, 0) is 48.7 Å². The minimum Gasteiger partial charge on any atom is -0.497 e. The van der Waals surface area contributed by atoms with Crippen molar-refractivity contribution in [2.75, 3.05) is 24.5 Å². The van der Waals surface area contributed by atoms with Crippen LogP contribution in [0.15, 0.2) is 53.4 Å². The van der Waals surface area contributed by atoms with Gasteiger partial charge in [-0.25, -0.2) is 8.42 Å². The number of nitrogens with one attached hydrogen (secondary N) is 1. The van der Waals surface area contributed by atoms with Crippen molar-refractivity contribution in [3.8, 4) is 11.5 Å². The summed E-state index contributed by atoms with van der Waals surface area (Å²) in [6.45, 7) is 4.73. The molecule has 0 saturated heterocycles. The summed E-state index contributed by atoms with van der Waals surface area (Å²) in [7, 11) is -2.37. The Morgan fingerprint density at radius 3 is 2.56 bits per heavy atom. The maximum atomic E-state index is 13.4. The Balaban J connectivity index is 1.81. The summed E-state index contributed by atoms with van der Waals surface area (Å²) < 4.78 is 39.2. The van der Waals surface area contributed by atoms with Crippen LogP contribution in [0.1, 0.15) is 39.5 Å². The third-order valence-electron chi connectivity index (χ3n) is 5.78. The van der Waals surface area contributed by atoms with Crippen molar-refractivity contribution in [3.63, 3.8) is 0 Å². The minimum absolute atomic E-state index is 0.0943. The fraction of sp³-hybridized carbons (Fsp3) is 0.458. The number of unbranched alkanes of at least 4 members (excludes halogenated alkanes) is 1. The Morgan fingerprint density at radius 2 is 1.91 bits per heavy atom. The molecule has 2 aromatic carbocycles. The molecular weight excluding hydrogens is 428 g/mol. The Morgan fingerprint density at radius 1 is 1.19 bits per heavy atom. The third kappa shape index (κ3) is 5.35. The van der Waals surface area contributed by atoms with Crippen molar-refractivity contribution in [2.45, 2.75) is 50.5 Å². The molecule has 0 saturated carbocycles. The molecule has 0 unspecified atom stereocenters. The maximum absolute atomic E-state index is 13.4. The van der Waals surface area contributed by atoms with E-state index in [1.807, 2.05) is 0 Å². The molecule has 0 spiro atoms. The summed E-state index contributed by atoms with van der Waals surface area (Å²) in [4.78, 5) is 13.0. The molecule has 32 heavy (non-hydrogen) atoms. The van der Waals surface area contributed by atoms with E-state index >= 15 is 0 Å². The lowest BCUT2D eigenvalue weighted by molar-refractivity contribution is -0.127. The number of nitrogens with zero attached hydrogens (tertiary/aromatic N) is 1. The van der Waals surface area contributed by atoms with Gasteiger partial charge in [-0.2, -0.15) is 0 Å². The predicted octanol–water partition coefficient (Wildman–Crippen LogP) is 3.98. The van der Waals surface area contributed by atoms with E-state index in [1.54, 1.807) is 36.4 Å². The highest BCUT2D eigenvalue weighted by molar-refractivity contribution is 7.92. The molecule has 3 rings (SSSR count). The van der Waals surface area contributed by atoms with Crippen molar-refractivity contribution in [1.82, 2.24) is 5.32 Å². The Bertz CT molecular complexity index is 1010. The number of hydrogen-bond donors (Lipinski definition) is 1. The second kappa shape index (κ2) is 10.7. The van der Waals surface area contributed by atoms with Crippen molar-refractivity contribution in [1.29, 1.82) is 0 Å². The van der Waals surface area contributed by atoms with Crippen molar-refractivity contribution < 1.29 is 22.7 Å². The lowest BCUT2D eigenvalue weighted by Gasteiger charge is -2.35. The summed E-state index contributed by atoms with van der Waals surface area (Å²) in [6.07, 6.45) is 3.34. The number of para-hydroxylation sites is 2. The van der Waals surface area contributed by atoms with Gasteiger partial charge < -0.3 is 14.8 Å².